The van der Waals surface area contributed by atoms with E-state index in [4.69, 9.17) is 5.73 Å². The van der Waals surface area contributed by atoms with Crippen LogP contribution in [0.1, 0.15) is 0 Å². The van der Waals surface area contributed by atoms with Crippen LogP contribution in [-0.2, 0) is 14.8 Å². The predicted molar refractivity (Wildman–Crippen MR) is 81.6 cm³/mol. The summed E-state index contributed by atoms with van der Waals surface area (Å²) in [6.45, 7) is 1.41. The normalized spacial score (nSPS) is 16.7. The van der Waals surface area contributed by atoms with Gasteiger partial charge in [0, 0.05) is 34.2 Å². The van der Waals surface area contributed by atoms with Gasteiger partial charge in [0.15, 0.2) is 0 Å². The van der Waals surface area contributed by atoms with Crippen LogP contribution in [0.5, 0.6) is 0 Å². The summed E-state index contributed by atoms with van der Waals surface area (Å²) < 4.78 is 25.6. The van der Waals surface area contributed by atoms with Gasteiger partial charge in [0.25, 0.3) is 0 Å². The summed E-state index contributed by atoms with van der Waals surface area (Å²) in [5.41, 5.74) is 6.81. The van der Waals surface area contributed by atoms with Crippen LogP contribution in [0.15, 0.2) is 23.1 Å². The minimum atomic E-state index is -3.61. The molecule has 2 rings (SSSR count). The van der Waals surface area contributed by atoms with Crippen molar-refractivity contribution in [2.75, 3.05) is 51.4 Å². The van der Waals surface area contributed by atoms with Gasteiger partial charge in [0.2, 0.25) is 15.9 Å². The van der Waals surface area contributed by atoms with Crippen LogP contribution in [0.2, 0.25) is 0 Å². The van der Waals surface area contributed by atoms with Gasteiger partial charge >= 0.3 is 0 Å². The maximum atomic E-state index is 12.3. The summed E-state index contributed by atoms with van der Waals surface area (Å²) in [6, 6.07) is 4.86. The average molecular weight is 312 g/mol. The Morgan fingerprint density at radius 3 is 2.48 bits per heavy atom. The van der Waals surface area contributed by atoms with Crippen molar-refractivity contribution in [1.29, 1.82) is 0 Å². The molecule has 0 bridgehead atoms. The van der Waals surface area contributed by atoms with Crippen molar-refractivity contribution >= 4 is 27.3 Å². The average Bonchev–Trinajstić information content (AvgIpc) is 2.42. The largest absolute Gasteiger partial charge is 0.396 e. The second-order valence-corrected chi connectivity index (χ2v) is 7.33. The summed E-state index contributed by atoms with van der Waals surface area (Å²) in [6.07, 6.45) is 0. The number of nitrogens with zero attached hydrogens (tertiary/aromatic N) is 3. The van der Waals surface area contributed by atoms with Crippen LogP contribution in [0.3, 0.4) is 0 Å². The monoisotopic (exact) mass is 312 g/mol. The van der Waals surface area contributed by atoms with Crippen LogP contribution in [-0.4, -0.2) is 64.3 Å². The molecule has 1 aliphatic heterocycles. The molecule has 0 unspecified atom stereocenters. The van der Waals surface area contributed by atoms with Crippen molar-refractivity contribution in [3.8, 4) is 0 Å². The highest BCUT2D eigenvalue weighted by Crippen LogP contribution is 2.31. The molecule has 2 N–H and O–H groups in total. The first-order valence-electron chi connectivity index (χ1n) is 6.55. The van der Waals surface area contributed by atoms with Gasteiger partial charge in [-0.1, -0.05) is 6.07 Å². The zero-order chi connectivity index (χ0) is 15.8. The number of hydrogen-bond acceptors (Lipinski definition) is 5. The third-order valence-electron chi connectivity index (χ3n) is 3.60. The minimum Gasteiger partial charge on any atom is -0.396 e. The summed E-state index contributed by atoms with van der Waals surface area (Å²) in [5.74, 6) is -0.0125. The molecule has 1 amide bonds. The van der Waals surface area contributed by atoms with Gasteiger partial charge in [0.05, 0.1) is 17.9 Å². The van der Waals surface area contributed by atoms with Crippen molar-refractivity contribution in [2.45, 2.75) is 4.90 Å². The fraction of sp³-hybridized carbons (Fsp3) is 0.462. The van der Waals surface area contributed by atoms with Crippen molar-refractivity contribution in [3.05, 3.63) is 18.2 Å². The lowest BCUT2D eigenvalue weighted by atomic mass is 10.2. The Labute approximate surface area is 125 Å². The predicted octanol–water partition coefficient (Wildman–Crippen LogP) is -0.202. The van der Waals surface area contributed by atoms with Gasteiger partial charge < -0.3 is 15.5 Å². The Kier molecular flexibility index (Phi) is 4.11. The third-order valence-corrected chi connectivity index (χ3v) is 5.47. The number of carbonyl (C=O) groups excluding carboxylic acids is 1. The molecule has 1 aliphatic rings. The Balaban J connectivity index is 2.42. The Morgan fingerprint density at radius 1 is 1.24 bits per heavy atom. The molecule has 0 radical (unpaired) electrons. The van der Waals surface area contributed by atoms with E-state index < -0.39 is 10.0 Å². The molecular weight excluding hydrogens is 292 g/mol. The molecule has 1 fully saturated rings. The number of piperazine rings is 1. The number of likely N-dealkylation sites (N-methyl/N-ethyl adjacent to an activating group) is 1. The fourth-order valence-corrected chi connectivity index (χ4v) is 3.22. The lowest BCUT2D eigenvalue weighted by Crippen LogP contribution is -2.48. The number of rotatable bonds is 3. The van der Waals surface area contributed by atoms with Crippen molar-refractivity contribution < 1.29 is 13.2 Å². The van der Waals surface area contributed by atoms with Crippen molar-refractivity contribution in [1.82, 2.24) is 9.21 Å². The van der Waals surface area contributed by atoms with Gasteiger partial charge in [-0.3, -0.25) is 4.79 Å². The number of amides is 1. The highest BCUT2D eigenvalue weighted by molar-refractivity contribution is 7.89. The quantitative estimate of drug-likeness (QED) is 0.781. The van der Waals surface area contributed by atoms with E-state index in [9.17, 15) is 13.2 Å². The van der Waals surface area contributed by atoms with Crippen LogP contribution in [0, 0.1) is 0 Å². The molecule has 1 saturated heterocycles. The molecule has 1 aromatic rings. The van der Waals surface area contributed by atoms with E-state index in [-0.39, 0.29) is 23.0 Å². The lowest BCUT2D eigenvalue weighted by molar-refractivity contribution is -0.129. The summed E-state index contributed by atoms with van der Waals surface area (Å²) in [7, 11) is 1.06. The first-order chi connectivity index (χ1) is 9.75. The first-order valence-corrected chi connectivity index (χ1v) is 7.99. The topological polar surface area (TPSA) is 87.0 Å². The second kappa shape index (κ2) is 5.53. The number of anilines is 2. The number of benzene rings is 1. The molecule has 8 heteroatoms. The molecule has 0 aliphatic carbocycles. The van der Waals surface area contributed by atoms with Gasteiger partial charge in [-0.15, -0.1) is 0 Å². The molecule has 0 spiro atoms. The second-order valence-electron chi connectivity index (χ2n) is 5.21. The third kappa shape index (κ3) is 2.81. The van der Waals surface area contributed by atoms with Gasteiger partial charge in [-0.2, -0.15) is 0 Å². The minimum absolute atomic E-state index is 0.0125. The smallest absolute Gasteiger partial charge is 0.244 e. The van der Waals surface area contributed by atoms with Crippen LogP contribution in [0.25, 0.3) is 0 Å². The van der Waals surface area contributed by atoms with Gasteiger partial charge in [0.1, 0.15) is 4.90 Å². The van der Waals surface area contributed by atoms with E-state index in [1.807, 2.05) is 4.90 Å². The summed E-state index contributed by atoms with van der Waals surface area (Å²) >= 11 is 0. The maximum Gasteiger partial charge on any atom is 0.244 e. The van der Waals surface area contributed by atoms with E-state index in [0.717, 1.165) is 4.31 Å². The molecule has 116 valence electrons. The molecule has 7 nitrogen and oxygen atoms in total. The summed E-state index contributed by atoms with van der Waals surface area (Å²) in [4.78, 5) is 15.3. The Hall–Kier alpha value is -1.80. The van der Waals surface area contributed by atoms with E-state index in [1.165, 1.54) is 20.2 Å². The number of nitrogens with two attached hydrogens (primary N) is 1. The summed E-state index contributed by atoms with van der Waals surface area (Å²) in [5, 5.41) is 0. The van der Waals surface area contributed by atoms with Crippen molar-refractivity contribution in [2.24, 2.45) is 0 Å². The zero-order valence-electron chi connectivity index (χ0n) is 12.4. The Morgan fingerprint density at radius 2 is 1.90 bits per heavy atom. The molecule has 0 saturated carbocycles. The number of para-hydroxylation sites is 1. The SMILES string of the molecule is CN1CCN(c2cccc(S(=O)(=O)N(C)C)c2N)CC1=O. The molecule has 1 heterocycles. The Bertz CT molecular complexity index is 657. The van der Waals surface area contributed by atoms with Crippen LogP contribution >= 0.6 is 0 Å². The molecule has 1 aromatic carbocycles. The standard InChI is InChI=1S/C13H20N4O3S/c1-15(2)21(19,20)11-6-4-5-10(13(11)14)17-8-7-16(3)12(18)9-17/h4-6H,7-9,14H2,1-3H3. The number of hydrogen-bond donors (Lipinski definition) is 1. The highest BCUT2D eigenvalue weighted by Gasteiger charge is 2.26. The van der Waals surface area contributed by atoms with Gasteiger partial charge in [-0.25, -0.2) is 12.7 Å². The molecule has 0 atom stereocenters. The van der Waals surface area contributed by atoms with Gasteiger partial charge in [-0.05, 0) is 12.1 Å². The van der Waals surface area contributed by atoms with Crippen molar-refractivity contribution in [3.63, 3.8) is 0 Å². The number of sulfonamides is 1. The molecule has 0 aromatic heterocycles. The zero-order valence-corrected chi connectivity index (χ0v) is 13.2. The highest BCUT2D eigenvalue weighted by atomic mass is 32.2. The number of nitrogen functional groups attached to an aromatic ring is 1. The first kappa shape index (κ1) is 15.6. The van der Waals surface area contributed by atoms with E-state index in [0.29, 0.717) is 18.8 Å². The number of carbonyl (C=O) groups is 1. The molecular formula is C13H20N4O3S. The van der Waals surface area contributed by atoms with Crippen LogP contribution < -0.4 is 10.6 Å². The van der Waals surface area contributed by atoms with E-state index >= 15 is 0 Å². The molecule has 21 heavy (non-hydrogen) atoms. The van der Waals surface area contributed by atoms with E-state index in [2.05, 4.69) is 0 Å². The van der Waals surface area contributed by atoms with Crippen LogP contribution in [0.4, 0.5) is 11.4 Å². The fourth-order valence-electron chi connectivity index (χ4n) is 2.19. The van der Waals surface area contributed by atoms with E-state index in [1.54, 1.807) is 24.1 Å². The lowest BCUT2D eigenvalue weighted by Gasteiger charge is -2.34. The maximum absolute atomic E-state index is 12.3.